The van der Waals surface area contributed by atoms with Gasteiger partial charge in [0.2, 0.25) is 0 Å². The van der Waals surface area contributed by atoms with Crippen LogP contribution < -0.4 is 5.73 Å². The third-order valence-corrected chi connectivity index (χ3v) is 1.16. The van der Waals surface area contributed by atoms with Gasteiger partial charge < -0.3 is 25.8 Å². The molecule has 0 saturated carbocycles. The molecule has 0 aromatic heterocycles. The fourth-order valence-electron chi connectivity index (χ4n) is 0.320. The van der Waals surface area contributed by atoms with Crippen molar-refractivity contribution in [2.45, 2.75) is 25.4 Å². The van der Waals surface area contributed by atoms with Gasteiger partial charge in [0.05, 0.1) is 0 Å². The molecule has 1 amide bonds. The highest BCUT2D eigenvalue weighted by atomic mass is 16.7. The maximum absolute atomic E-state index is 10.1. The second kappa shape index (κ2) is 2.65. The molecule has 6 nitrogen and oxygen atoms in total. The lowest BCUT2D eigenvalue weighted by atomic mass is 10.1. The standard InChI is InChI=1S/C5H11NO5/c1-4(2,5(8,9)10)11-3(6)7/h8-10H,1-2H3,(H2,6,7). The first-order valence-corrected chi connectivity index (χ1v) is 2.82. The van der Waals surface area contributed by atoms with Crippen LogP contribution in [0.1, 0.15) is 13.8 Å². The fourth-order valence-corrected chi connectivity index (χ4v) is 0.320. The van der Waals surface area contributed by atoms with Crippen LogP contribution in [0.4, 0.5) is 4.79 Å². The van der Waals surface area contributed by atoms with Crippen LogP contribution in [0.25, 0.3) is 0 Å². The molecule has 0 aliphatic carbocycles. The summed E-state index contributed by atoms with van der Waals surface area (Å²) in [6, 6.07) is 0. The number of rotatable bonds is 2. The van der Waals surface area contributed by atoms with E-state index in [1.54, 1.807) is 0 Å². The van der Waals surface area contributed by atoms with Crippen molar-refractivity contribution in [1.82, 2.24) is 0 Å². The summed E-state index contributed by atoms with van der Waals surface area (Å²) in [5.74, 6) is -3.10. The Labute approximate surface area is 63.2 Å². The molecule has 6 heteroatoms. The Balaban J connectivity index is 4.34. The quantitative estimate of drug-likeness (QED) is 0.371. The van der Waals surface area contributed by atoms with Crippen molar-refractivity contribution in [1.29, 1.82) is 0 Å². The van der Waals surface area contributed by atoms with E-state index in [0.29, 0.717) is 0 Å². The topological polar surface area (TPSA) is 113 Å². The minimum atomic E-state index is -3.10. The number of nitrogens with two attached hydrogens (primary N) is 1. The summed E-state index contributed by atoms with van der Waals surface area (Å²) in [5, 5.41) is 25.7. The molecule has 0 spiro atoms. The van der Waals surface area contributed by atoms with E-state index in [-0.39, 0.29) is 0 Å². The third-order valence-electron chi connectivity index (χ3n) is 1.16. The van der Waals surface area contributed by atoms with E-state index in [1.165, 1.54) is 0 Å². The molecule has 11 heavy (non-hydrogen) atoms. The average Bonchev–Trinajstić information content (AvgIpc) is 1.56. The molecule has 0 radical (unpaired) electrons. The van der Waals surface area contributed by atoms with Crippen molar-refractivity contribution in [3.05, 3.63) is 0 Å². The van der Waals surface area contributed by atoms with Crippen molar-refractivity contribution >= 4 is 6.09 Å². The molecule has 0 aliphatic rings. The van der Waals surface area contributed by atoms with E-state index < -0.39 is 17.7 Å². The summed E-state index contributed by atoms with van der Waals surface area (Å²) in [5.41, 5.74) is 2.73. The summed E-state index contributed by atoms with van der Waals surface area (Å²) >= 11 is 0. The molecular formula is C5H11NO5. The second-order valence-corrected chi connectivity index (χ2v) is 2.57. The fraction of sp³-hybridized carbons (Fsp3) is 0.800. The number of carbonyl (C=O) groups is 1. The molecule has 0 fully saturated rings. The maximum atomic E-state index is 10.1. The number of amides is 1. The molecule has 0 rings (SSSR count). The van der Waals surface area contributed by atoms with Crippen LogP contribution in [0.2, 0.25) is 0 Å². The zero-order valence-electron chi connectivity index (χ0n) is 6.24. The van der Waals surface area contributed by atoms with Gasteiger partial charge in [0.25, 0.3) is 0 Å². The van der Waals surface area contributed by atoms with E-state index in [1.807, 2.05) is 0 Å². The monoisotopic (exact) mass is 165 g/mol. The van der Waals surface area contributed by atoms with Gasteiger partial charge in [-0.05, 0) is 13.8 Å². The van der Waals surface area contributed by atoms with Crippen LogP contribution in [0, 0.1) is 0 Å². The zero-order valence-corrected chi connectivity index (χ0v) is 6.24. The molecule has 0 atom stereocenters. The second-order valence-electron chi connectivity index (χ2n) is 2.57. The van der Waals surface area contributed by atoms with Gasteiger partial charge in [-0.3, -0.25) is 0 Å². The van der Waals surface area contributed by atoms with Crippen LogP contribution in [-0.2, 0) is 4.74 Å². The highest BCUT2D eigenvalue weighted by Gasteiger charge is 2.44. The molecule has 0 saturated heterocycles. The first-order valence-electron chi connectivity index (χ1n) is 2.82. The lowest BCUT2D eigenvalue weighted by molar-refractivity contribution is -0.379. The smallest absolute Gasteiger partial charge is 0.405 e. The highest BCUT2D eigenvalue weighted by molar-refractivity contribution is 5.65. The predicted molar refractivity (Wildman–Crippen MR) is 34.1 cm³/mol. The van der Waals surface area contributed by atoms with E-state index in [9.17, 15) is 4.79 Å². The van der Waals surface area contributed by atoms with E-state index in [0.717, 1.165) is 13.8 Å². The summed E-state index contributed by atoms with van der Waals surface area (Å²) in [6.07, 6.45) is -1.20. The van der Waals surface area contributed by atoms with Crippen molar-refractivity contribution in [3.8, 4) is 0 Å². The minimum Gasteiger partial charge on any atom is -0.435 e. The van der Waals surface area contributed by atoms with Gasteiger partial charge in [0, 0.05) is 0 Å². The SMILES string of the molecule is CC(C)(OC(N)=O)C(O)(O)O. The van der Waals surface area contributed by atoms with E-state index in [4.69, 9.17) is 15.3 Å². The lowest BCUT2D eigenvalue weighted by Crippen LogP contribution is -2.53. The first kappa shape index (κ1) is 10.2. The summed E-state index contributed by atoms with van der Waals surface area (Å²) in [4.78, 5) is 10.1. The Morgan fingerprint density at radius 1 is 1.36 bits per heavy atom. The number of hydrogen-bond donors (Lipinski definition) is 4. The number of carbonyl (C=O) groups excluding carboxylic acids is 1. The van der Waals surface area contributed by atoms with Gasteiger partial charge in [0.15, 0.2) is 5.60 Å². The number of primary amides is 1. The number of ether oxygens (including phenoxy) is 1. The molecule has 0 aromatic carbocycles. The summed E-state index contributed by atoms with van der Waals surface area (Å²) in [7, 11) is 0. The molecule has 0 unspecified atom stereocenters. The van der Waals surface area contributed by atoms with Crippen LogP contribution in [-0.4, -0.2) is 33.0 Å². The highest BCUT2D eigenvalue weighted by Crippen LogP contribution is 2.20. The van der Waals surface area contributed by atoms with E-state index >= 15 is 0 Å². The van der Waals surface area contributed by atoms with Gasteiger partial charge in [-0.1, -0.05) is 0 Å². The van der Waals surface area contributed by atoms with Crippen LogP contribution in [0.3, 0.4) is 0 Å². The van der Waals surface area contributed by atoms with Crippen molar-refractivity contribution in [2.24, 2.45) is 5.73 Å². The Morgan fingerprint density at radius 2 is 1.73 bits per heavy atom. The van der Waals surface area contributed by atoms with Crippen molar-refractivity contribution < 1.29 is 24.9 Å². The minimum absolute atomic E-state index is 1.10. The maximum Gasteiger partial charge on any atom is 0.405 e. The molecule has 0 bridgehead atoms. The molecule has 0 aliphatic heterocycles. The lowest BCUT2D eigenvalue weighted by Gasteiger charge is -2.31. The first-order chi connectivity index (χ1) is 4.67. The Bertz CT molecular complexity index is 159. The van der Waals surface area contributed by atoms with Crippen LogP contribution in [0.15, 0.2) is 0 Å². The molecule has 0 heterocycles. The van der Waals surface area contributed by atoms with Gasteiger partial charge in [-0.25, -0.2) is 4.79 Å². The van der Waals surface area contributed by atoms with Crippen LogP contribution in [0.5, 0.6) is 0 Å². The molecule has 66 valence electrons. The third kappa shape index (κ3) is 2.71. The Morgan fingerprint density at radius 3 is 1.82 bits per heavy atom. The summed E-state index contributed by atoms with van der Waals surface area (Å²) in [6.45, 7) is 2.19. The number of aliphatic hydroxyl groups is 3. The van der Waals surface area contributed by atoms with Crippen molar-refractivity contribution in [2.75, 3.05) is 0 Å². The average molecular weight is 165 g/mol. The normalized spacial score (nSPS) is 12.8. The largest absolute Gasteiger partial charge is 0.435 e. The predicted octanol–water partition coefficient (Wildman–Crippen LogP) is -1.51. The molecule has 5 N–H and O–H groups in total. The number of hydrogen-bond acceptors (Lipinski definition) is 5. The van der Waals surface area contributed by atoms with Gasteiger partial charge in [-0.15, -0.1) is 0 Å². The molecule has 0 aromatic rings. The van der Waals surface area contributed by atoms with Gasteiger partial charge in [-0.2, -0.15) is 0 Å². The Kier molecular flexibility index (Phi) is 2.44. The van der Waals surface area contributed by atoms with E-state index in [2.05, 4.69) is 10.5 Å². The van der Waals surface area contributed by atoms with Gasteiger partial charge >= 0.3 is 12.1 Å². The summed E-state index contributed by atoms with van der Waals surface area (Å²) < 4.78 is 4.19. The van der Waals surface area contributed by atoms with Gasteiger partial charge in [0.1, 0.15) is 0 Å². The Hall–Kier alpha value is -0.850. The van der Waals surface area contributed by atoms with Crippen molar-refractivity contribution in [3.63, 3.8) is 0 Å². The van der Waals surface area contributed by atoms with Crippen LogP contribution >= 0.6 is 0 Å². The molecular weight excluding hydrogens is 154 g/mol. The zero-order chi connectivity index (χ0) is 9.28.